The number of hydrogen-bond acceptors (Lipinski definition) is 4. The van der Waals surface area contributed by atoms with Crippen molar-refractivity contribution >= 4 is 34.9 Å². The van der Waals surface area contributed by atoms with Crippen LogP contribution in [0, 0.1) is 0 Å². The second-order valence-corrected chi connectivity index (χ2v) is 7.58. The molecule has 2 aliphatic rings. The summed E-state index contributed by atoms with van der Waals surface area (Å²) in [6.45, 7) is 0.475. The first-order valence-electron chi connectivity index (χ1n) is 8.65. The van der Waals surface area contributed by atoms with Crippen molar-refractivity contribution in [3.63, 3.8) is 0 Å². The first kappa shape index (κ1) is 16.8. The van der Waals surface area contributed by atoms with Crippen molar-refractivity contribution in [1.29, 1.82) is 0 Å². The Labute approximate surface area is 155 Å². The van der Waals surface area contributed by atoms with E-state index in [4.69, 9.17) is 0 Å². The molecular formula is C19H19N3O3S. The molecule has 0 aliphatic carbocycles. The van der Waals surface area contributed by atoms with E-state index in [9.17, 15) is 14.4 Å². The lowest BCUT2D eigenvalue weighted by molar-refractivity contribution is -0.124. The molecule has 0 saturated carbocycles. The lowest BCUT2D eigenvalue weighted by atomic mass is 9.97. The minimum absolute atomic E-state index is 0.0393. The Morgan fingerprint density at radius 2 is 1.96 bits per heavy atom. The number of thiophene rings is 1. The molecule has 1 N–H and O–H groups in total. The Bertz CT molecular complexity index is 822. The number of nitrogens with one attached hydrogen (secondary N) is 1. The summed E-state index contributed by atoms with van der Waals surface area (Å²) in [6.07, 6.45) is 1.48. The molecule has 134 valence electrons. The van der Waals surface area contributed by atoms with Gasteiger partial charge in [0, 0.05) is 17.5 Å². The van der Waals surface area contributed by atoms with Crippen molar-refractivity contribution in [3.05, 3.63) is 52.7 Å². The highest BCUT2D eigenvalue weighted by Gasteiger charge is 2.48. The molecule has 0 spiro atoms. The number of piperidine rings is 1. The molecule has 2 fully saturated rings. The standard InChI is InChI=1S/C19H19N3O3S/c23-17(12-15-7-4-10-26-15)20-13-8-9-21-16(11-13)18(24)22(19(21)25)14-5-2-1-3-6-14/h1-7,10,13,16H,8-9,11-12H2,(H,20,23). The largest absolute Gasteiger partial charge is 0.353 e. The lowest BCUT2D eigenvalue weighted by Crippen LogP contribution is -2.50. The van der Waals surface area contributed by atoms with Gasteiger partial charge in [0.1, 0.15) is 6.04 Å². The Kier molecular flexibility index (Phi) is 4.46. The Morgan fingerprint density at radius 1 is 1.15 bits per heavy atom. The van der Waals surface area contributed by atoms with Gasteiger partial charge in [-0.15, -0.1) is 11.3 Å². The molecule has 1 aromatic heterocycles. The molecule has 2 atom stereocenters. The zero-order valence-electron chi connectivity index (χ0n) is 14.1. The summed E-state index contributed by atoms with van der Waals surface area (Å²) in [4.78, 5) is 41.5. The van der Waals surface area contributed by atoms with Crippen molar-refractivity contribution in [3.8, 4) is 0 Å². The summed E-state index contributed by atoms with van der Waals surface area (Å²) in [6, 6.07) is 12.0. The van der Waals surface area contributed by atoms with Gasteiger partial charge in [0.2, 0.25) is 5.91 Å². The van der Waals surface area contributed by atoms with Crippen LogP contribution in [-0.4, -0.2) is 41.4 Å². The van der Waals surface area contributed by atoms with Crippen molar-refractivity contribution in [2.75, 3.05) is 11.4 Å². The molecular weight excluding hydrogens is 350 g/mol. The number of benzene rings is 1. The van der Waals surface area contributed by atoms with Gasteiger partial charge < -0.3 is 10.2 Å². The number of rotatable bonds is 4. The summed E-state index contributed by atoms with van der Waals surface area (Å²) in [5.74, 6) is -0.249. The van der Waals surface area contributed by atoms with E-state index in [2.05, 4.69) is 5.32 Å². The molecule has 0 bridgehead atoms. The third kappa shape index (κ3) is 3.10. The number of carbonyl (C=O) groups is 3. The van der Waals surface area contributed by atoms with Gasteiger partial charge in [-0.05, 0) is 36.4 Å². The van der Waals surface area contributed by atoms with Crippen molar-refractivity contribution < 1.29 is 14.4 Å². The van der Waals surface area contributed by atoms with Gasteiger partial charge >= 0.3 is 6.03 Å². The number of nitrogens with zero attached hydrogens (tertiary/aromatic N) is 2. The van der Waals surface area contributed by atoms with E-state index in [1.807, 2.05) is 23.6 Å². The Morgan fingerprint density at radius 3 is 2.69 bits per heavy atom. The maximum absolute atomic E-state index is 12.8. The summed E-state index contributed by atoms with van der Waals surface area (Å²) < 4.78 is 0. The predicted octanol–water partition coefficient (Wildman–Crippen LogP) is 2.41. The maximum Gasteiger partial charge on any atom is 0.332 e. The van der Waals surface area contributed by atoms with Gasteiger partial charge in [-0.3, -0.25) is 9.59 Å². The smallest absolute Gasteiger partial charge is 0.332 e. The van der Waals surface area contributed by atoms with E-state index in [1.165, 1.54) is 4.90 Å². The third-order valence-electron chi connectivity index (χ3n) is 4.84. The quantitative estimate of drug-likeness (QED) is 0.842. The highest BCUT2D eigenvalue weighted by atomic mass is 32.1. The van der Waals surface area contributed by atoms with Gasteiger partial charge in [0.25, 0.3) is 5.91 Å². The predicted molar refractivity (Wildman–Crippen MR) is 99.0 cm³/mol. The van der Waals surface area contributed by atoms with Gasteiger partial charge in [-0.25, -0.2) is 9.69 Å². The average molecular weight is 369 g/mol. The van der Waals surface area contributed by atoms with E-state index in [-0.39, 0.29) is 23.9 Å². The second-order valence-electron chi connectivity index (χ2n) is 6.55. The van der Waals surface area contributed by atoms with Crippen LogP contribution < -0.4 is 10.2 Å². The first-order valence-corrected chi connectivity index (χ1v) is 9.53. The van der Waals surface area contributed by atoms with Crippen LogP contribution >= 0.6 is 11.3 Å². The van der Waals surface area contributed by atoms with Crippen LogP contribution in [0.1, 0.15) is 17.7 Å². The molecule has 2 aromatic rings. The van der Waals surface area contributed by atoms with Gasteiger partial charge in [0.15, 0.2) is 0 Å². The summed E-state index contributed by atoms with van der Waals surface area (Å²) >= 11 is 1.55. The second kappa shape index (κ2) is 6.92. The highest BCUT2D eigenvalue weighted by molar-refractivity contribution is 7.10. The van der Waals surface area contributed by atoms with Crippen LogP contribution in [0.2, 0.25) is 0 Å². The maximum atomic E-state index is 12.8. The molecule has 3 heterocycles. The fourth-order valence-corrected chi connectivity index (χ4v) is 4.30. The number of anilines is 1. The molecule has 7 heteroatoms. The molecule has 2 unspecified atom stereocenters. The molecule has 0 radical (unpaired) electrons. The van der Waals surface area contributed by atoms with Gasteiger partial charge in [0.05, 0.1) is 12.1 Å². The van der Waals surface area contributed by atoms with E-state index in [1.54, 1.807) is 40.5 Å². The molecule has 2 aliphatic heterocycles. The SMILES string of the molecule is O=C(Cc1cccs1)NC1CCN2C(=O)N(c3ccccc3)C(=O)C2C1. The summed E-state index contributed by atoms with van der Waals surface area (Å²) in [7, 11) is 0. The summed E-state index contributed by atoms with van der Waals surface area (Å²) in [5, 5.41) is 4.97. The van der Waals surface area contributed by atoms with Gasteiger partial charge in [-0.1, -0.05) is 24.3 Å². The number of fused-ring (bicyclic) bond motifs is 1. The van der Waals surface area contributed by atoms with Crippen LogP contribution in [0.25, 0.3) is 0 Å². The van der Waals surface area contributed by atoms with Crippen LogP contribution in [-0.2, 0) is 16.0 Å². The third-order valence-corrected chi connectivity index (χ3v) is 5.72. The first-order chi connectivity index (χ1) is 12.6. The number of amides is 4. The number of hydrogen-bond donors (Lipinski definition) is 1. The van der Waals surface area contributed by atoms with Crippen molar-refractivity contribution in [1.82, 2.24) is 10.2 Å². The molecule has 2 saturated heterocycles. The Balaban J connectivity index is 1.43. The van der Waals surface area contributed by atoms with Crippen LogP contribution in [0.3, 0.4) is 0 Å². The summed E-state index contributed by atoms with van der Waals surface area (Å²) in [5.41, 5.74) is 0.593. The molecule has 26 heavy (non-hydrogen) atoms. The average Bonchev–Trinajstić information content (AvgIpc) is 3.23. The van der Waals surface area contributed by atoms with E-state index in [0.29, 0.717) is 31.5 Å². The fourth-order valence-electron chi connectivity index (χ4n) is 3.60. The van der Waals surface area contributed by atoms with Crippen molar-refractivity contribution in [2.24, 2.45) is 0 Å². The zero-order chi connectivity index (χ0) is 18.1. The fraction of sp³-hybridized carbons (Fsp3) is 0.316. The minimum atomic E-state index is -0.497. The number of para-hydroxylation sites is 1. The number of imide groups is 1. The Hall–Kier alpha value is -2.67. The van der Waals surface area contributed by atoms with E-state index < -0.39 is 6.04 Å². The molecule has 4 rings (SSSR count). The number of carbonyl (C=O) groups excluding carboxylic acids is 3. The van der Waals surface area contributed by atoms with Crippen molar-refractivity contribution in [2.45, 2.75) is 31.3 Å². The van der Waals surface area contributed by atoms with Gasteiger partial charge in [-0.2, -0.15) is 0 Å². The van der Waals surface area contributed by atoms with E-state index in [0.717, 1.165) is 4.88 Å². The normalized spacial score (nSPS) is 22.5. The molecule has 6 nitrogen and oxygen atoms in total. The highest BCUT2D eigenvalue weighted by Crippen LogP contribution is 2.30. The number of urea groups is 1. The van der Waals surface area contributed by atoms with Crippen LogP contribution in [0.4, 0.5) is 10.5 Å². The monoisotopic (exact) mass is 369 g/mol. The molecule has 1 aromatic carbocycles. The van der Waals surface area contributed by atoms with E-state index >= 15 is 0 Å². The van der Waals surface area contributed by atoms with Crippen LogP contribution in [0.5, 0.6) is 0 Å². The topological polar surface area (TPSA) is 69.7 Å². The minimum Gasteiger partial charge on any atom is -0.353 e. The molecule has 4 amide bonds. The lowest BCUT2D eigenvalue weighted by Gasteiger charge is -2.32. The van der Waals surface area contributed by atoms with Crippen LogP contribution in [0.15, 0.2) is 47.8 Å². The zero-order valence-corrected chi connectivity index (χ0v) is 14.9.